The van der Waals surface area contributed by atoms with Gasteiger partial charge < -0.3 is 5.32 Å². The van der Waals surface area contributed by atoms with Gasteiger partial charge in [0.25, 0.3) is 0 Å². The van der Waals surface area contributed by atoms with E-state index in [0.717, 1.165) is 10.6 Å². The van der Waals surface area contributed by atoms with Crippen molar-refractivity contribution in [2.24, 2.45) is 0 Å². The number of rotatable bonds is 6. The monoisotopic (exact) mass is 325 g/mol. The van der Waals surface area contributed by atoms with Gasteiger partial charge in [-0.25, -0.2) is 4.39 Å². The predicted octanol–water partition coefficient (Wildman–Crippen LogP) is 4.70. The molecule has 116 valence electrons. The molecule has 0 aromatic heterocycles. The average Bonchev–Trinajstić information content (AvgIpc) is 2.55. The number of nitrogens with one attached hydrogen (secondary N) is 1. The molecule has 0 saturated heterocycles. The fourth-order valence-corrected chi connectivity index (χ4v) is 3.07. The van der Waals surface area contributed by atoms with Crippen LogP contribution in [-0.4, -0.2) is 5.25 Å². The van der Waals surface area contributed by atoms with Gasteiger partial charge in [0, 0.05) is 34.4 Å². The fourth-order valence-electron chi connectivity index (χ4n) is 2.05. The number of hydrogen-bond donors (Lipinski definition) is 1. The van der Waals surface area contributed by atoms with E-state index in [4.69, 9.17) is 10.5 Å². The molecule has 5 heteroatoms. The molecule has 2 aromatic rings. The lowest BCUT2D eigenvalue weighted by atomic mass is 10.1. The Kier molecular flexibility index (Phi) is 6.02. The predicted molar refractivity (Wildman–Crippen MR) is 90.4 cm³/mol. The normalized spacial score (nSPS) is 11.3. The molecule has 0 heterocycles. The Bertz CT molecular complexity index is 762. The van der Waals surface area contributed by atoms with Crippen molar-refractivity contribution >= 4 is 17.4 Å². The highest BCUT2D eigenvalue weighted by Crippen LogP contribution is 2.31. The molecule has 0 unspecified atom stereocenters. The van der Waals surface area contributed by atoms with Crippen LogP contribution in [0.3, 0.4) is 0 Å². The summed E-state index contributed by atoms with van der Waals surface area (Å²) in [6, 6.07) is 16.3. The van der Waals surface area contributed by atoms with Gasteiger partial charge >= 0.3 is 0 Å². The molecule has 0 aliphatic heterocycles. The van der Waals surface area contributed by atoms with E-state index in [-0.39, 0.29) is 11.1 Å². The second-order valence-electron chi connectivity index (χ2n) is 5.06. The molecule has 0 fully saturated rings. The summed E-state index contributed by atoms with van der Waals surface area (Å²) >= 11 is 1.62. The largest absolute Gasteiger partial charge is 0.380 e. The Labute approximate surface area is 139 Å². The van der Waals surface area contributed by atoms with E-state index in [2.05, 4.69) is 11.4 Å². The van der Waals surface area contributed by atoms with Crippen LogP contribution in [0.1, 0.15) is 24.5 Å². The van der Waals surface area contributed by atoms with E-state index < -0.39 is 0 Å². The standard InChI is InChI=1S/C18H16FN3S/c1-13(8-9-20)23-18-5-3-2-4-17(18)22-12-15-7-6-14(11-21)10-16(15)19/h2-7,10,13,22H,8,12H2,1H3/t13-/m0/s1. The maximum atomic E-state index is 13.9. The highest BCUT2D eigenvalue weighted by atomic mass is 32.2. The number of nitrogens with zero attached hydrogens (tertiary/aromatic N) is 2. The van der Waals surface area contributed by atoms with E-state index >= 15 is 0 Å². The maximum absolute atomic E-state index is 13.9. The molecule has 2 aromatic carbocycles. The van der Waals surface area contributed by atoms with Gasteiger partial charge in [-0.1, -0.05) is 25.1 Å². The first-order valence-corrected chi connectivity index (χ1v) is 8.07. The number of nitriles is 2. The number of para-hydroxylation sites is 1. The van der Waals surface area contributed by atoms with E-state index in [1.165, 1.54) is 6.07 Å². The molecule has 3 nitrogen and oxygen atoms in total. The summed E-state index contributed by atoms with van der Waals surface area (Å²) in [7, 11) is 0. The lowest BCUT2D eigenvalue weighted by Crippen LogP contribution is -2.04. The Hall–Kier alpha value is -2.50. The SMILES string of the molecule is C[C@@H](CC#N)Sc1ccccc1NCc1ccc(C#N)cc1F. The number of anilines is 1. The summed E-state index contributed by atoms with van der Waals surface area (Å²) in [5, 5.41) is 21.0. The molecule has 1 N–H and O–H groups in total. The molecule has 0 saturated carbocycles. The van der Waals surface area contributed by atoms with Gasteiger partial charge in [-0.15, -0.1) is 11.8 Å². The van der Waals surface area contributed by atoms with E-state index in [0.29, 0.717) is 24.1 Å². The van der Waals surface area contributed by atoms with Crippen LogP contribution in [0.4, 0.5) is 10.1 Å². The smallest absolute Gasteiger partial charge is 0.129 e. The average molecular weight is 325 g/mol. The molecule has 0 amide bonds. The van der Waals surface area contributed by atoms with Gasteiger partial charge in [-0.3, -0.25) is 0 Å². The van der Waals surface area contributed by atoms with Gasteiger partial charge in [0.2, 0.25) is 0 Å². The zero-order valence-electron chi connectivity index (χ0n) is 12.7. The third-order valence-corrected chi connectivity index (χ3v) is 4.42. The Morgan fingerprint density at radius 2 is 2.00 bits per heavy atom. The summed E-state index contributed by atoms with van der Waals surface area (Å²) in [4.78, 5) is 1.03. The van der Waals surface area contributed by atoms with Gasteiger partial charge in [-0.2, -0.15) is 10.5 Å². The van der Waals surface area contributed by atoms with Gasteiger partial charge in [0.15, 0.2) is 0 Å². The molecule has 0 radical (unpaired) electrons. The van der Waals surface area contributed by atoms with Crippen molar-refractivity contribution in [1.29, 1.82) is 10.5 Å². The topological polar surface area (TPSA) is 59.6 Å². The third-order valence-electron chi connectivity index (χ3n) is 3.25. The summed E-state index contributed by atoms with van der Waals surface area (Å²) in [6.07, 6.45) is 0.475. The Balaban J connectivity index is 2.09. The Morgan fingerprint density at radius 1 is 1.22 bits per heavy atom. The minimum absolute atomic E-state index is 0.189. The van der Waals surface area contributed by atoms with Crippen molar-refractivity contribution in [2.45, 2.75) is 30.0 Å². The highest BCUT2D eigenvalue weighted by Gasteiger charge is 2.09. The van der Waals surface area contributed by atoms with Gasteiger partial charge in [0.05, 0.1) is 17.7 Å². The minimum Gasteiger partial charge on any atom is -0.380 e. The molecule has 0 aliphatic carbocycles. The molecule has 0 bridgehead atoms. The fraction of sp³-hybridized carbons (Fsp3) is 0.222. The molecular weight excluding hydrogens is 309 g/mol. The van der Waals surface area contributed by atoms with Crippen LogP contribution in [0.25, 0.3) is 0 Å². The molecule has 2 rings (SSSR count). The number of hydrogen-bond acceptors (Lipinski definition) is 4. The molecular formula is C18H16FN3S. The second-order valence-corrected chi connectivity index (χ2v) is 6.54. The molecule has 23 heavy (non-hydrogen) atoms. The summed E-state index contributed by atoms with van der Waals surface area (Å²) < 4.78 is 13.9. The quantitative estimate of drug-likeness (QED) is 0.782. The first-order valence-electron chi connectivity index (χ1n) is 7.19. The first-order chi connectivity index (χ1) is 11.1. The Morgan fingerprint density at radius 3 is 2.70 bits per heavy atom. The van der Waals surface area contributed by atoms with Crippen LogP contribution in [-0.2, 0) is 6.54 Å². The van der Waals surface area contributed by atoms with Crippen molar-refractivity contribution in [2.75, 3.05) is 5.32 Å². The van der Waals surface area contributed by atoms with Crippen molar-refractivity contribution < 1.29 is 4.39 Å². The van der Waals surface area contributed by atoms with Crippen molar-refractivity contribution in [3.63, 3.8) is 0 Å². The van der Waals surface area contributed by atoms with E-state index in [1.807, 2.05) is 37.3 Å². The van der Waals surface area contributed by atoms with Crippen LogP contribution >= 0.6 is 11.8 Å². The van der Waals surface area contributed by atoms with E-state index in [1.54, 1.807) is 23.9 Å². The zero-order valence-corrected chi connectivity index (χ0v) is 13.5. The lowest BCUT2D eigenvalue weighted by Gasteiger charge is -2.14. The highest BCUT2D eigenvalue weighted by molar-refractivity contribution is 8.00. The number of halogens is 1. The molecule has 0 spiro atoms. The van der Waals surface area contributed by atoms with Crippen LogP contribution < -0.4 is 5.32 Å². The number of benzene rings is 2. The van der Waals surface area contributed by atoms with Crippen LogP contribution in [0, 0.1) is 28.5 Å². The minimum atomic E-state index is -0.389. The van der Waals surface area contributed by atoms with Crippen LogP contribution in [0.5, 0.6) is 0 Å². The number of thioether (sulfide) groups is 1. The summed E-state index contributed by atoms with van der Waals surface area (Å²) in [6.45, 7) is 2.34. The van der Waals surface area contributed by atoms with Crippen molar-refractivity contribution in [1.82, 2.24) is 0 Å². The zero-order chi connectivity index (χ0) is 16.7. The first kappa shape index (κ1) is 16.9. The van der Waals surface area contributed by atoms with E-state index in [9.17, 15) is 4.39 Å². The van der Waals surface area contributed by atoms with Crippen LogP contribution in [0.2, 0.25) is 0 Å². The second kappa shape index (κ2) is 8.22. The summed E-state index contributed by atoms with van der Waals surface area (Å²) in [5.41, 5.74) is 1.73. The maximum Gasteiger partial charge on any atom is 0.129 e. The van der Waals surface area contributed by atoms with Crippen molar-refractivity contribution in [3.05, 3.63) is 59.4 Å². The van der Waals surface area contributed by atoms with Crippen molar-refractivity contribution in [3.8, 4) is 12.1 Å². The lowest BCUT2D eigenvalue weighted by molar-refractivity contribution is 0.612. The van der Waals surface area contributed by atoms with Crippen LogP contribution in [0.15, 0.2) is 47.4 Å². The molecule has 0 aliphatic rings. The van der Waals surface area contributed by atoms with Gasteiger partial charge in [-0.05, 0) is 24.3 Å². The third kappa shape index (κ3) is 4.74. The summed E-state index contributed by atoms with van der Waals surface area (Å²) in [5.74, 6) is -0.389. The van der Waals surface area contributed by atoms with Gasteiger partial charge in [0.1, 0.15) is 5.82 Å². The molecule has 1 atom stereocenters.